The number of aromatic nitrogens is 2. The Balaban J connectivity index is 1.44. The number of fused-ring (bicyclic) bond motifs is 1. The third-order valence-corrected chi connectivity index (χ3v) is 6.15. The van der Waals surface area contributed by atoms with Crippen LogP contribution in [0.1, 0.15) is 17.5 Å². The van der Waals surface area contributed by atoms with Crippen molar-refractivity contribution in [3.63, 3.8) is 0 Å². The molecular weight excluding hydrogens is 448 g/mol. The first kappa shape index (κ1) is 23.3. The van der Waals surface area contributed by atoms with Gasteiger partial charge in [0.05, 0.1) is 16.6 Å². The van der Waals surface area contributed by atoms with Crippen molar-refractivity contribution < 1.29 is 9.59 Å². The monoisotopic (exact) mass is 472 g/mol. The summed E-state index contributed by atoms with van der Waals surface area (Å²) in [6.07, 6.45) is 0.0971. The second kappa shape index (κ2) is 10.8. The molecular formula is C26H24N4O3S. The molecule has 34 heavy (non-hydrogen) atoms. The zero-order valence-electron chi connectivity index (χ0n) is 18.7. The Labute approximate surface area is 201 Å². The van der Waals surface area contributed by atoms with Crippen molar-refractivity contribution in [1.82, 2.24) is 20.2 Å². The number of thioether (sulfide) groups is 1. The summed E-state index contributed by atoms with van der Waals surface area (Å²) in [5.41, 5.74) is 3.07. The number of rotatable bonds is 7. The smallest absolute Gasteiger partial charge is 0.321 e. The fourth-order valence-corrected chi connectivity index (χ4v) is 4.43. The van der Waals surface area contributed by atoms with Crippen molar-refractivity contribution in [1.29, 1.82) is 0 Å². The van der Waals surface area contributed by atoms with Crippen LogP contribution in [-0.4, -0.2) is 27.2 Å². The first-order valence-corrected chi connectivity index (χ1v) is 11.8. The molecule has 0 spiro atoms. The molecule has 4 aromatic rings. The van der Waals surface area contributed by atoms with E-state index in [9.17, 15) is 14.4 Å². The second-order valence-electron chi connectivity index (χ2n) is 7.65. The average molecular weight is 473 g/mol. The lowest BCUT2D eigenvalue weighted by Crippen LogP contribution is -2.39. The van der Waals surface area contributed by atoms with Gasteiger partial charge in [-0.05, 0) is 36.2 Å². The molecule has 0 aliphatic rings. The van der Waals surface area contributed by atoms with E-state index < -0.39 is 11.9 Å². The van der Waals surface area contributed by atoms with Crippen molar-refractivity contribution in [3.8, 4) is 5.69 Å². The van der Waals surface area contributed by atoms with Gasteiger partial charge in [0.2, 0.25) is 5.91 Å². The number of amides is 3. The Morgan fingerprint density at radius 1 is 0.941 bits per heavy atom. The van der Waals surface area contributed by atoms with Crippen LogP contribution in [0.5, 0.6) is 0 Å². The molecule has 1 heterocycles. The average Bonchev–Trinajstić information content (AvgIpc) is 2.84. The molecule has 0 saturated heterocycles. The van der Waals surface area contributed by atoms with E-state index in [0.29, 0.717) is 28.4 Å². The zero-order valence-corrected chi connectivity index (χ0v) is 19.5. The topological polar surface area (TPSA) is 93.1 Å². The lowest BCUT2D eigenvalue weighted by molar-refractivity contribution is -0.119. The Morgan fingerprint density at radius 2 is 1.65 bits per heavy atom. The van der Waals surface area contributed by atoms with Gasteiger partial charge in [0, 0.05) is 18.7 Å². The van der Waals surface area contributed by atoms with Gasteiger partial charge in [-0.15, -0.1) is 0 Å². The molecule has 172 valence electrons. The van der Waals surface area contributed by atoms with E-state index in [4.69, 9.17) is 0 Å². The Bertz CT molecular complexity index is 1390. The minimum atomic E-state index is -0.542. The van der Waals surface area contributed by atoms with E-state index in [2.05, 4.69) is 15.6 Å². The summed E-state index contributed by atoms with van der Waals surface area (Å²) in [6.45, 7) is 2.27. The van der Waals surface area contributed by atoms with Crippen molar-refractivity contribution in [2.45, 2.75) is 25.0 Å². The number of imide groups is 1. The van der Waals surface area contributed by atoms with Gasteiger partial charge in [0.15, 0.2) is 5.16 Å². The van der Waals surface area contributed by atoms with Crippen LogP contribution in [0.3, 0.4) is 0 Å². The molecule has 8 heteroatoms. The number of nitrogens with one attached hydrogen (secondary N) is 2. The van der Waals surface area contributed by atoms with E-state index in [0.717, 1.165) is 16.8 Å². The lowest BCUT2D eigenvalue weighted by Gasteiger charge is -2.15. The van der Waals surface area contributed by atoms with Gasteiger partial charge in [-0.3, -0.25) is 19.5 Å². The first-order chi connectivity index (χ1) is 16.5. The van der Waals surface area contributed by atoms with Crippen molar-refractivity contribution in [2.75, 3.05) is 5.75 Å². The van der Waals surface area contributed by atoms with Crippen LogP contribution in [0.2, 0.25) is 0 Å². The molecule has 7 nitrogen and oxygen atoms in total. The summed E-state index contributed by atoms with van der Waals surface area (Å²) in [6, 6.07) is 23.7. The number of urea groups is 1. The van der Waals surface area contributed by atoms with Crippen LogP contribution in [0.4, 0.5) is 4.79 Å². The maximum Gasteiger partial charge on any atom is 0.321 e. The van der Waals surface area contributed by atoms with Crippen molar-refractivity contribution in [3.05, 3.63) is 100 Å². The van der Waals surface area contributed by atoms with Gasteiger partial charge in [-0.25, -0.2) is 9.78 Å². The number of benzene rings is 3. The summed E-state index contributed by atoms with van der Waals surface area (Å²) in [5, 5.41) is 6.04. The molecule has 0 fully saturated rings. The molecule has 3 amide bonds. The number of hydrogen-bond acceptors (Lipinski definition) is 5. The second-order valence-corrected chi connectivity index (χ2v) is 8.72. The minimum Gasteiger partial charge on any atom is -0.334 e. The van der Waals surface area contributed by atoms with Crippen LogP contribution in [-0.2, 0) is 11.3 Å². The van der Waals surface area contributed by atoms with E-state index in [1.165, 1.54) is 11.8 Å². The Hall–Kier alpha value is -3.91. The molecule has 2 N–H and O–H groups in total. The first-order valence-electron chi connectivity index (χ1n) is 10.8. The highest BCUT2D eigenvalue weighted by Crippen LogP contribution is 2.23. The van der Waals surface area contributed by atoms with E-state index in [-0.39, 0.29) is 12.0 Å². The van der Waals surface area contributed by atoms with Crippen LogP contribution in [0.15, 0.2) is 88.8 Å². The van der Waals surface area contributed by atoms with E-state index in [1.807, 2.05) is 73.7 Å². The molecule has 0 radical (unpaired) electrons. The maximum absolute atomic E-state index is 13.3. The number of nitrogens with zero attached hydrogens (tertiary/aromatic N) is 2. The SMILES string of the molecule is Cc1ccccc1-n1c(SCCC(=O)NC(=O)NCc2ccccc2)nc2ccccc2c1=O. The molecule has 0 aliphatic heterocycles. The summed E-state index contributed by atoms with van der Waals surface area (Å²) >= 11 is 1.30. The van der Waals surface area contributed by atoms with Gasteiger partial charge in [-0.2, -0.15) is 0 Å². The number of aryl methyl sites for hydroxylation is 1. The normalized spacial score (nSPS) is 10.7. The Morgan fingerprint density at radius 3 is 2.44 bits per heavy atom. The van der Waals surface area contributed by atoms with Crippen molar-refractivity contribution in [2.24, 2.45) is 0 Å². The molecule has 1 aromatic heterocycles. The van der Waals surface area contributed by atoms with Gasteiger partial charge in [-0.1, -0.05) is 72.4 Å². The highest BCUT2D eigenvalue weighted by atomic mass is 32.2. The van der Waals surface area contributed by atoms with Crippen LogP contribution >= 0.6 is 11.8 Å². The molecule has 0 unspecified atom stereocenters. The van der Waals surface area contributed by atoms with Gasteiger partial charge < -0.3 is 5.32 Å². The van der Waals surface area contributed by atoms with Gasteiger partial charge in [0.1, 0.15) is 0 Å². The number of carbonyl (C=O) groups is 2. The molecule has 4 rings (SSSR count). The minimum absolute atomic E-state index is 0.0971. The van der Waals surface area contributed by atoms with E-state index >= 15 is 0 Å². The van der Waals surface area contributed by atoms with Gasteiger partial charge >= 0.3 is 6.03 Å². The summed E-state index contributed by atoms with van der Waals surface area (Å²) < 4.78 is 1.59. The summed E-state index contributed by atoms with van der Waals surface area (Å²) in [5.74, 6) is -0.0438. The standard InChI is InChI=1S/C26H24N4O3S/c1-18-9-5-8-14-22(18)30-24(32)20-12-6-7-13-21(20)28-26(30)34-16-15-23(31)29-25(33)27-17-19-10-3-2-4-11-19/h2-14H,15-17H2,1H3,(H2,27,29,31,33). The molecule has 0 bridgehead atoms. The van der Waals surface area contributed by atoms with Gasteiger partial charge in [0.25, 0.3) is 5.56 Å². The number of para-hydroxylation sites is 2. The molecule has 0 saturated carbocycles. The molecule has 0 atom stereocenters. The van der Waals surface area contributed by atoms with Crippen LogP contribution in [0, 0.1) is 6.92 Å². The predicted octanol–water partition coefficient (Wildman–Crippen LogP) is 4.20. The van der Waals surface area contributed by atoms with Crippen LogP contribution in [0.25, 0.3) is 16.6 Å². The third kappa shape index (κ3) is 5.52. The highest BCUT2D eigenvalue weighted by Gasteiger charge is 2.15. The largest absolute Gasteiger partial charge is 0.334 e. The Kier molecular flexibility index (Phi) is 7.39. The summed E-state index contributed by atoms with van der Waals surface area (Å²) in [4.78, 5) is 42.3. The number of hydrogen-bond donors (Lipinski definition) is 2. The fraction of sp³-hybridized carbons (Fsp3) is 0.154. The number of carbonyl (C=O) groups excluding carboxylic acids is 2. The van der Waals surface area contributed by atoms with E-state index in [1.54, 1.807) is 16.7 Å². The fourth-order valence-electron chi connectivity index (χ4n) is 3.48. The molecule has 0 aliphatic carbocycles. The summed E-state index contributed by atoms with van der Waals surface area (Å²) in [7, 11) is 0. The van der Waals surface area contributed by atoms with Crippen molar-refractivity contribution >= 4 is 34.6 Å². The zero-order chi connectivity index (χ0) is 23.9. The molecule has 3 aromatic carbocycles. The maximum atomic E-state index is 13.3. The lowest BCUT2D eigenvalue weighted by atomic mass is 10.2. The quantitative estimate of drug-likeness (QED) is 0.311. The predicted molar refractivity (Wildman–Crippen MR) is 134 cm³/mol. The highest BCUT2D eigenvalue weighted by molar-refractivity contribution is 7.99. The third-order valence-electron chi connectivity index (χ3n) is 5.21. The van der Waals surface area contributed by atoms with Crippen LogP contribution < -0.4 is 16.2 Å².